The maximum Gasteiger partial charge on any atom is 0.408 e. The van der Waals surface area contributed by atoms with Crippen molar-refractivity contribution in [1.82, 2.24) is 4.90 Å². The number of amides is 1. The fraction of sp³-hybridized carbons (Fsp3) is 0.545. The Kier molecular flexibility index (Phi) is 4.23. The monoisotopic (exact) mass is 195 g/mol. The van der Waals surface area contributed by atoms with E-state index in [0.717, 1.165) is 0 Å². The van der Waals surface area contributed by atoms with E-state index < -0.39 is 6.09 Å². The van der Waals surface area contributed by atoms with Crippen LogP contribution in [0.1, 0.15) is 20.8 Å². The second kappa shape index (κ2) is 4.71. The van der Waals surface area contributed by atoms with Crippen molar-refractivity contribution in [3.05, 3.63) is 12.7 Å². The van der Waals surface area contributed by atoms with Crippen LogP contribution in [0, 0.1) is 17.8 Å². The Morgan fingerprint density at radius 2 is 2.21 bits per heavy atom. The molecule has 1 amide bonds. The molecule has 0 radical (unpaired) electrons. The van der Waals surface area contributed by atoms with Gasteiger partial charge in [0.2, 0.25) is 0 Å². The Hall–Kier alpha value is -1.43. The Labute approximate surface area is 85.4 Å². The summed E-state index contributed by atoms with van der Waals surface area (Å²) in [6.45, 7) is 9.58. The molecule has 0 rings (SSSR count). The number of rotatable bonds is 3. The lowest BCUT2D eigenvalue weighted by Gasteiger charge is -2.35. The van der Waals surface area contributed by atoms with Gasteiger partial charge in [-0.3, -0.25) is 4.90 Å². The van der Waals surface area contributed by atoms with Crippen LogP contribution in [-0.4, -0.2) is 28.7 Å². The first-order chi connectivity index (χ1) is 6.34. The van der Waals surface area contributed by atoms with Crippen LogP contribution in [0.5, 0.6) is 0 Å². The Bertz CT molecular complexity index is 257. The third kappa shape index (κ3) is 3.14. The summed E-state index contributed by atoms with van der Waals surface area (Å²) < 4.78 is 0. The van der Waals surface area contributed by atoms with Crippen molar-refractivity contribution in [2.24, 2.45) is 5.41 Å². The highest BCUT2D eigenvalue weighted by Gasteiger charge is 2.30. The van der Waals surface area contributed by atoms with Gasteiger partial charge in [-0.15, -0.1) is 13.0 Å². The summed E-state index contributed by atoms with van der Waals surface area (Å²) in [5, 5.41) is 8.95. The molecular formula is C11H17NO2. The van der Waals surface area contributed by atoms with E-state index in [1.165, 1.54) is 4.90 Å². The summed E-state index contributed by atoms with van der Waals surface area (Å²) in [5.74, 6) is 2.33. The van der Waals surface area contributed by atoms with Crippen LogP contribution in [0.15, 0.2) is 12.7 Å². The summed E-state index contributed by atoms with van der Waals surface area (Å²) >= 11 is 0. The van der Waals surface area contributed by atoms with Crippen LogP contribution in [0.3, 0.4) is 0 Å². The fourth-order valence-electron chi connectivity index (χ4n) is 1.33. The Morgan fingerprint density at radius 1 is 1.71 bits per heavy atom. The molecule has 3 heteroatoms. The molecule has 0 aliphatic carbocycles. The zero-order chi connectivity index (χ0) is 11.4. The van der Waals surface area contributed by atoms with Crippen LogP contribution in [0.25, 0.3) is 0 Å². The third-order valence-electron chi connectivity index (χ3n) is 1.95. The summed E-state index contributed by atoms with van der Waals surface area (Å²) in [5.41, 5.74) is -0.197. The zero-order valence-corrected chi connectivity index (χ0v) is 8.95. The summed E-state index contributed by atoms with van der Waals surface area (Å²) in [4.78, 5) is 12.1. The molecule has 1 atom stereocenters. The molecule has 0 aromatic heterocycles. The van der Waals surface area contributed by atoms with Crippen molar-refractivity contribution in [1.29, 1.82) is 0 Å². The molecule has 0 aliphatic rings. The first-order valence-electron chi connectivity index (χ1n) is 4.40. The lowest BCUT2D eigenvalue weighted by molar-refractivity contribution is 0.110. The normalized spacial score (nSPS) is 12.7. The first kappa shape index (κ1) is 12.6. The molecule has 0 bridgehead atoms. The average Bonchev–Trinajstić information content (AvgIpc) is 2.01. The van der Waals surface area contributed by atoms with Crippen molar-refractivity contribution in [2.45, 2.75) is 26.8 Å². The Morgan fingerprint density at radius 3 is 2.43 bits per heavy atom. The first-order valence-corrected chi connectivity index (χ1v) is 4.40. The number of nitrogens with zero attached hydrogens (tertiary/aromatic N) is 1. The average molecular weight is 195 g/mol. The maximum atomic E-state index is 10.9. The molecule has 0 saturated carbocycles. The van der Waals surface area contributed by atoms with Crippen LogP contribution in [-0.2, 0) is 0 Å². The smallest absolute Gasteiger partial charge is 0.408 e. The van der Waals surface area contributed by atoms with Gasteiger partial charge in [-0.05, 0) is 5.41 Å². The molecule has 78 valence electrons. The number of hydrogen-bond acceptors (Lipinski definition) is 1. The second-order valence-electron chi connectivity index (χ2n) is 4.16. The molecule has 0 heterocycles. The van der Waals surface area contributed by atoms with Crippen molar-refractivity contribution in [3.8, 4) is 12.3 Å². The zero-order valence-electron chi connectivity index (χ0n) is 8.95. The van der Waals surface area contributed by atoms with E-state index in [1.807, 2.05) is 20.8 Å². The van der Waals surface area contributed by atoms with E-state index in [1.54, 1.807) is 6.08 Å². The summed E-state index contributed by atoms with van der Waals surface area (Å²) in [6.07, 6.45) is 5.72. The van der Waals surface area contributed by atoms with Crippen molar-refractivity contribution in [3.63, 3.8) is 0 Å². The van der Waals surface area contributed by atoms with Gasteiger partial charge in [-0.25, -0.2) is 4.79 Å². The predicted molar refractivity (Wildman–Crippen MR) is 57.0 cm³/mol. The van der Waals surface area contributed by atoms with Gasteiger partial charge >= 0.3 is 6.09 Å². The van der Waals surface area contributed by atoms with Gasteiger partial charge in [-0.1, -0.05) is 32.8 Å². The minimum atomic E-state index is -1.01. The van der Waals surface area contributed by atoms with Gasteiger partial charge in [0.15, 0.2) is 0 Å². The standard InChI is InChI=1S/C11H17NO2/c1-6-8-12(10(13)14)9(7-2)11(3,4)5/h1,7,9H,2,8H2,3-5H3,(H,13,14). The van der Waals surface area contributed by atoms with E-state index in [0.29, 0.717) is 0 Å². The lowest BCUT2D eigenvalue weighted by atomic mass is 9.86. The van der Waals surface area contributed by atoms with Crippen LogP contribution in [0.2, 0.25) is 0 Å². The third-order valence-corrected chi connectivity index (χ3v) is 1.95. The van der Waals surface area contributed by atoms with E-state index in [4.69, 9.17) is 11.5 Å². The quantitative estimate of drug-likeness (QED) is 0.554. The largest absolute Gasteiger partial charge is 0.465 e. The molecule has 1 unspecified atom stereocenters. The van der Waals surface area contributed by atoms with Crippen molar-refractivity contribution >= 4 is 6.09 Å². The van der Waals surface area contributed by atoms with Gasteiger partial charge in [-0.2, -0.15) is 0 Å². The van der Waals surface area contributed by atoms with Crippen molar-refractivity contribution < 1.29 is 9.90 Å². The second-order valence-corrected chi connectivity index (χ2v) is 4.16. The molecule has 1 N–H and O–H groups in total. The van der Waals surface area contributed by atoms with Crippen LogP contribution < -0.4 is 0 Å². The SMILES string of the molecule is C#CCN(C(=O)O)C(C=C)C(C)(C)C. The molecule has 0 aromatic carbocycles. The van der Waals surface area contributed by atoms with Gasteiger partial charge in [0.25, 0.3) is 0 Å². The fourth-order valence-corrected chi connectivity index (χ4v) is 1.33. The predicted octanol–water partition coefficient (Wildman–Crippen LogP) is 2.20. The van der Waals surface area contributed by atoms with E-state index in [9.17, 15) is 4.79 Å². The van der Waals surface area contributed by atoms with Gasteiger partial charge in [0.05, 0.1) is 12.6 Å². The van der Waals surface area contributed by atoms with E-state index in [-0.39, 0.29) is 18.0 Å². The molecular weight excluding hydrogens is 178 g/mol. The van der Waals surface area contributed by atoms with E-state index in [2.05, 4.69) is 12.5 Å². The number of hydrogen-bond donors (Lipinski definition) is 1. The summed E-state index contributed by atoms with van der Waals surface area (Å²) in [6, 6.07) is -0.268. The molecule has 0 aromatic rings. The molecule has 0 fully saturated rings. The summed E-state index contributed by atoms with van der Waals surface area (Å²) in [7, 11) is 0. The minimum absolute atomic E-state index is 0.0866. The van der Waals surface area contributed by atoms with Gasteiger partial charge in [0.1, 0.15) is 0 Å². The van der Waals surface area contributed by atoms with Gasteiger partial charge in [0, 0.05) is 0 Å². The van der Waals surface area contributed by atoms with Crippen LogP contribution in [0.4, 0.5) is 4.79 Å². The number of terminal acetylenes is 1. The molecule has 0 aliphatic heterocycles. The lowest BCUT2D eigenvalue weighted by Crippen LogP contribution is -2.45. The number of carboxylic acid groups (broad SMARTS) is 1. The highest BCUT2D eigenvalue weighted by molar-refractivity contribution is 5.66. The van der Waals surface area contributed by atoms with E-state index >= 15 is 0 Å². The topological polar surface area (TPSA) is 40.5 Å². The van der Waals surface area contributed by atoms with Crippen molar-refractivity contribution in [2.75, 3.05) is 6.54 Å². The molecule has 14 heavy (non-hydrogen) atoms. The highest BCUT2D eigenvalue weighted by atomic mass is 16.4. The number of carbonyl (C=O) groups is 1. The molecule has 0 spiro atoms. The van der Waals surface area contributed by atoms with Crippen LogP contribution >= 0.6 is 0 Å². The maximum absolute atomic E-state index is 10.9. The molecule has 0 saturated heterocycles. The van der Waals surface area contributed by atoms with Gasteiger partial charge < -0.3 is 5.11 Å². The molecule has 3 nitrogen and oxygen atoms in total. The highest BCUT2D eigenvalue weighted by Crippen LogP contribution is 2.25. The Balaban J connectivity index is 4.88. The minimum Gasteiger partial charge on any atom is -0.465 e.